The first-order valence-corrected chi connectivity index (χ1v) is 7.18. The maximum absolute atomic E-state index is 13.9. The number of hydrogen-bond acceptors (Lipinski definition) is 3. The lowest BCUT2D eigenvalue weighted by molar-refractivity contribution is 0.173. The fourth-order valence-corrected chi connectivity index (χ4v) is 2.66. The maximum atomic E-state index is 13.9. The third-order valence-electron chi connectivity index (χ3n) is 3.21. The molecule has 5 heteroatoms. The van der Waals surface area contributed by atoms with Crippen molar-refractivity contribution in [1.82, 2.24) is 0 Å². The van der Waals surface area contributed by atoms with Gasteiger partial charge in [-0.15, -0.1) is 0 Å². The summed E-state index contributed by atoms with van der Waals surface area (Å²) in [6.45, 7) is 0. The number of aliphatic hydroxyl groups excluding tert-OH is 1. The highest BCUT2D eigenvalue weighted by Gasteiger charge is 2.15. The van der Waals surface area contributed by atoms with E-state index in [1.54, 1.807) is 19.2 Å². The van der Waals surface area contributed by atoms with Crippen LogP contribution in [0, 0.1) is 5.82 Å². The van der Waals surface area contributed by atoms with Gasteiger partial charge in [0.1, 0.15) is 17.3 Å². The zero-order chi connectivity index (χ0) is 15.4. The largest absolute Gasteiger partial charge is 0.497 e. The second-order valence-electron chi connectivity index (χ2n) is 4.58. The van der Waals surface area contributed by atoms with Crippen LogP contribution in [0.1, 0.15) is 17.2 Å². The molecule has 1 unspecified atom stereocenters. The molecule has 0 aliphatic heterocycles. The fourth-order valence-electron chi connectivity index (χ4n) is 2.08. The topological polar surface area (TPSA) is 38.7 Å². The smallest absolute Gasteiger partial charge is 0.133 e. The molecule has 0 aliphatic rings. The standard InChI is InChI=1S/C16H16BrFO3/c1-20-11-4-5-12(14(18)9-11)15(19)8-10-3-6-16(21-2)13(17)7-10/h3-7,9,15,19H,8H2,1-2H3. The van der Waals surface area contributed by atoms with Crippen LogP contribution in [0.5, 0.6) is 11.5 Å². The Bertz CT molecular complexity index is 631. The molecule has 0 bridgehead atoms. The number of hydrogen-bond donors (Lipinski definition) is 1. The molecule has 0 radical (unpaired) electrons. The van der Waals surface area contributed by atoms with Gasteiger partial charge in [0.05, 0.1) is 24.8 Å². The molecule has 2 aromatic carbocycles. The summed E-state index contributed by atoms with van der Waals surface area (Å²) in [7, 11) is 3.06. The summed E-state index contributed by atoms with van der Waals surface area (Å²) in [4.78, 5) is 0. The van der Waals surface area contributed by atoms with Crippen molar-refractivity contribution in [3.05, 3.63) is 57.8 Å². The zero-order valence-electron chi connectivity index (χ0n) is 11.8. The van der Waals surface area contributed by atoms with Gasteiger partial charge in [-0.2, -0.15) is 0 Å². The average molecular weight is 355 g/mol. The second-order valence-corrected chi connectivity index (χ2v) is 5.43. The number of rotatable bonds is 5. The summed E-state index contributed by atoms with van der Waals surface area (Å²) < 4.78 is 24.8. The summed E-state index contributed by atoms with van der Waals surface area (Å²) in [6.07, 6.45) is -0.609. The summed E-state index contributed by atoms with van der Waals surface area (Å²) in [5.41, 5.74) is 1.13. The first-order chi connectivity index (χ1) is 10.0. The molecule has 0 aromatic heterocycles. The van der Waals surface area contributed by atoms with Gasteiger partial charge in [-0.1, -0.05) is 6.07 Å². The van der Waals surface area contributed by atoms with Crippen LogP contribution < -0.4 is 9.47 Å². The van der Waals surface area contributed by atoms with Crippen molar-refractivity contribution in [3.63, 3.8) is 0 Å². The fraction of sp³-hybridized carbons (Fsp3) is 0.250. The Kier molecular flexibility index (Phi) is 5.20. The molecule has 3 nitrogen and oxygen atoms in total. The number of methoxy groups -OCH3 is 2. The van der Waals surface area contributed by atoms with Crippen LogP contribution in [0.4, 0.5) is 4.39 Å². The van der Waals surface area contributed by atoms with Gasteiger partial charge < -0.3 is 14.6 Å². The summed E-state index contributed by atoms with van der Waals surface area (Å²) in [5, 5.41) is 10.2. The van der Waals surface area contributed by atoms with Crippen LogP contribution in [0.3, 0.4) is 0 Å². The van der Waals surface area contributed by atoms with Crippen molar-refractivity contribution in [2.45, 2.75) is 12.5 Å². The molecule has 2 aromatic rings. The minimum absolute atomic E-state index is 0.253. The molecule has 112 valence electrons. The molecule has 0 spiro atoms. The SMILES string of the molecule is COc1ccc(C(O)Cc2ccc(OC)c(Br)c2)c(F)c1. The highest BCUT2D eigenvalue weighted by atomic mass is 79.9. The number of halogens is 2. The molecule has 0 saturated heterocycles. The van der Waals surface area contributed by atoms with Gasteiger partial charge in [-0.3, -0.25) is 0 Å². The highest BCUT2D eigenvalue weighted by molar-refractivity contribution is 9.10. The molecule has 0 amide bonds. The van der Waals surface area contributed by atoms with E-state index in [1.807, 2.05) is 12.1 Å². The van der Waals surface area contributed by atoms with Crippen LogP contribution in [-0.4, -0.2) is 19.3 Å². The molecule has 0 heterocycles. The predicted octanol–water partition coefficient (Wildman–Crippen LogP) is 3.88. The summed E-state index contributed by atoms with van der Waals surface area (Å²) in [5.74, 6) is 0.661. The van der Waals surface area contributed by atoms with Gasteiger partial charge >= 0.3 is 0 Å². The molecular weight excluding hydrogens is 339 g/mol. The summed E-state index contributed by atoms with van der Waals surface area (Å²) in [6, 6.07) is 9.93. The molecule has 0 saturated carbocycles. The van der Waals surface area contributed by atoms with Gasteiger partial charge in [-0.05, 0) is 45.8 Å². The molecule has 0 fully saturated rings. The van der Waals surface area contributed by atoms with Crippen molar-refractivity contribution >= 4 is 15.9 Å². The third kappa shape index (κ3) is 3.74. The van der Waals surface area contributed by atoms with Gasteiger partial charge in [0, 0.05) is 18.1 Å². The Morgan fingerprint density at radius 2 is 1.90 bits per heavy atom. The van der Waals surface area contributed by atoms with Crippen molar-refractivity contribution < 1.29 is 19.0 Å². The van der Waals surface area contributed by atoms with Crippen LogP contribution in [0.2, 0.25) is 0 Å². The van der Waals surface area contributed by atoms with Crippen LogP contribution in [-0.2, 0) is 6.42 Å². The van der Waals surface area contributed by atoms with E-state index in [-0.39, 0.29) is 5.56 Å². The monoisotopic (exact) mass is 354 g/mol. The van der Waals surface area contributed by atoms with E-state index in [0.717, 1.165) is 10.0 Å². The molecule has 1 N–H and O–H groups in total. The summed E-state index contributed by atoms with van der Waals surface area (Å²) >= 11 is 3.39. The van der Waals surface area contributed by atoms with Crippen molar-refractivity contribution in [2.24, 2.45) is 0 Å². The Hall–Kier alpha value is -1.59. The van der Waals surface area contributed by atoms with E-state index in [4.69, 9.17) is 9.47 Å². The Morgan fingerprint density at radius 3 is 2.48 bits per heavy atom. The first-order valence-electron chi connectivity index (χ1n) is 6.39. The minimum atomic E-state index is -0.920. The third-order valence-corrected chi connectivity index (χ3v) is 3.83. The first kappa shape index (κ1) is 15.8. The lowest BCUT2D eigenvalue weighted by Gasteiger charge is -2.14. The van der Waals surface area contributed by atoms with E-state index >= 15 is 0 Å². The lowest BCUT2D eigenvalue weighted by Crippen LogP contribution is -2.05. The van der Waals surface area contributed by atoms with Gasteiger partial charge in [0.2, 0.25) is 0 Å². The normalized spacial score (nSPS) is 12.0. The molecule has 21 heavy (non-hydrogen) atoms. The van der Waals surface area contributed by atoms with Gasteiger partial charge in [0.25, 0.3) is 0 Å². The van der Waals surface area contributed by atoms with Crippen molar-refractivity contribution in [3.8, 4) is 11.5 Å². The number of ether oxygens (including phenoxy) is 2. The van der Waals surface area contributed by atoms with Crippen LogP contribution >= 0.6 is 15.9 Å². The Morgan fingerprint density at radius 1 is 1.14 bits per heavy atom. The molecular formula is C16H16BrFO3. The van der Waals surface area contributed by atoms with E-state index in [1.165, 1.54) is 19.2 Å². The van der Waals surface area contributed by atoms with Crippen LogP contribution in [0.25, 0.3) is 0 Å². The van der Waals surface area contributed by atoms with Gasteiger partial charge in [0.15, 0.2) is 0 Å². The van der Waals surface area contributed by atoms with Crippen LogP contribution in [0.15, 0.2) is 40.9 Å². The van der Waals surface area contributed by atoms with Crippen molar-refractivity contribution in [1.29, 1.82) is 0 Å². The van der Waals surface area contributed by atoms with E-state index in [9.17, 15) is 9.50 Å². The Balaban J connectivity index is 2.17. The molecule has 2 rings (SSSR count). The quantitative estimate of drug-likeness (QED) is 0.885. The molecule has 0 aliphatic carbocycles. The Labute approximate surface area is 131 Å². The van der Waals surface area contributed by atoms with E-state index < -0.39 is 11.9 Å². The lowest BCUT2D eigenvalue weighted by atomic mass is 10.0. The minimum Gasteiger partial charge on any atom is -0.497 e. The predicted molar refractivity (Wildman–Crippen MR) is 82.3 cm³/mol. The zero-order valence-corrected chi connectivity index (χ0v) is 13.4. The van der Waals surface area contributed by atoms with E-state index in [2.05, 4.69) is 15.9 Å². The number of aliphatic hydroxyl groups is 1. The second kappa shape index (κ2) is 6.91. The maximum Gasteiger partial charge on any atom is 0.133 e. The van der Waals surface area contributed by atoms with Crippen molar-refractivity contribution in [2.75, 3.05) is 14.2 Å². The van der Waals surface area contributed by atoms with E-state index in [0.29, 0.717) is 17.9 Å². The molecule has 1 atom stereocenters. The average Bonchev–Trinajstić information content (AvgIpc) is 2.47. The van der Waals surface area contributed by atoms with Gasteiger partial charge in [-0.25, -0.2) is 4.39 Å². The highest BCUT2D eigenvalue weighted by Crippen LogP contribution is 2.29. The number of benzene rings is 2.